The van der Waals surface area contributed by atoms with Crippen LogP contribution in [0.15, 0.2) is 97.1 Å². The van der Waals surface area contributed by atoms with Crippen LogP contribution >= 0.6 is 0 Å². The van der Waals surface area contributed by atoms with E-state index in [1.165, 1.54) is 0 Å². The number of rotatable bonds is 64. The summed E-state index contributed by atoms with van der Waals surface area (Å²) in [6.45, 7) is 38.1. The maximum atomic E-state index is 12.9. The summed E-state index contributed by atoms with van der Waals surface area (Å²) in [6.07, 6.45) is 25.3. The minimum absolute atomic E-state index is 0. The maximum Gasteiger partial charge on any atom is 4.00 e. The van der Waals surface area contributed by atoms with E-state index in [9.17, 15) is 58.8 Å². The van der Waals surface area contributed by atoms with Gasteiger partial charge in [0, 0.05) is 44.5 Å². The molecule has 0 radical (unpaired) electrons. The van der Waals surface area contributed by atoms with Gasteiger partial charge in [0.05, 0.1) is 103 Å². The summed E-state index contributed by atoms with van der Waals surface area (Å²) < 4.78 is 76.5. The number of carboxylic acid groups (broad SMARTS) is 4. The number of fused-ring (bicyclic) bond motifs is 12. The van der Waals surface area contributed by atoms with Gasteiger partial charge in [-0.25, -0.2) is 0 Å². The molecule has 0 saturated heterocycles. The molecule has 0 saturated carbocycles. The van der Waals surface area contributed by atoms with Crippen LogP contribution in [0.25, 0.3) is 44.5 Å². The number of hydrogen-bond donors (Lipinski definition) is 0. The molecule has 4 aliphatic rings. The van der Waals surface area contributed by atoms with Crippen molar-refractivity contribution >= 4 is 47.0 Å². The Balaban J connectivity index is 0.000000236. The molecule has 4 unspecified atom stereocenters. The van der Waals surface area contributed by atoms with Gasteiger partial charge in [0.1, 0.15) is 23.9 Å². The van der Waals surface area contributed by atoms with Crippen molar-refractivity contribution in [3.63, 3.8) is 0 Å². The van der Waals surface area contributed by atoms with Crippen molar-refractivity contribution < 1.29 is 142 Å². The minimum atomic E-state index is -1.68. The normalized spacial score (nSPS) is 12.5. The molecule has 4 atom stereocenters. The topological polar surface area (TPSA) is 340 Å². The van der Waals surface area contributed by atoms with E-state index in [0.717, 1.165) is 243 Å². The number of hydrogen-bond acceptors (Lipinski definition) is 24. The van der Waals surface area contributed by atoms with Crippen LogP contribution in [0.1, 0.15) is 381 Å². The summed E-state index contributed by atoms with van der Waals surface area (Å²) in [5, 5.41) is 47.0. The summed E-state index contributed by atoms with van der Waals surface area (Å²) in [5.41, 5.74) is 18.0. The second-order valence-corrected chi connectivity index (χ2v) is 37.2. The van der Waals surface area contributed by atoms with Gasteiger partial charge in [0.2, 0.25) is 23.0 Å². The molecule has 0 aliphatic heterocycles. The van der Waals surface area contributed by atoms with Crippen LogP contribution in [0.5, 0.6) is 69.0 Å². The predicted octanol–water partition coefficient (Wildman–Crippen LogP) is 22.4. The fraction of sp³-hybridized carbons (Fsp3) is 0.533. The number of Topliss-reactive ketones (excluding diaryl/α,β-unsaturated/α-hetero) is 4. The summed E-state index contributed by atoms with van der Waals surface area (Å²) >= 11 is 0. The zero-order valence-corrected chi connectivity index (χ0v) is 91.4. The Morgan fingerprint density at radius 2 is 0.352 bits per heavy atom. The maximum absolute atomic E-state index is 12.9. The number of ether oxygens (including phenoxy) is 12. The van der Waals surface area contributed by atoms with Crippen LogP contribution in [0.4, 0.5) is 0 Å². The van der Waals surface area contributed by atoms with Gasteiger partial charge in [-0.3, -0.25) is 19.2 Å². The molecule has 8 aromatic rings. The summed E-state index contributed by atoms with van der Waals surface area (Å²) in [5.74, 6) is -7.83. The Labute approximate surface area is 879 Å². The van der Waals surface area contributed by atoms with Crippen LogP contribution in [-0.2, 0) is 90.2 Å². The van der Waals surface area contributed by atoms with Crippen molar-refractivity contribution in [3.05, 3.63) is 164 Å². The number of aliphatic carboxylic acids is 4. The number of ketones is 4. The summed E-state index contributed by atoms with van der Waals surface area (Å²) in [7, 11) is 0. The SMILES string of the molecule is CCCCOc1c(OCCCC)c2c(c(C(CC)C(=O)C(=O)[O-])c1OCCCC)Cc1ccccc1-2.CCCCOc1c(OCCCC)c2c(c(C(CC)C(=O)C(=O)[O-])c1OCCCC)Cc1ccccc1-2.CCCCOc1c(OCCCC)c2c(c(C(CC)C(=O)C(=O)[O-])c1OCCCC)Cc1ccccc1-2.CCCCOc1c(OCCCC)c2c(c(C(CC)C(=O)C(=O)[O-])c1OCCCC)Cc1ccccc1-2.[Zr+4]. The van der Waals surface area contributed by atoms with E-state index >= 15 is 0 Å². The number of carboxylic acids is 4. The Morgan fingerprint density at radius 3 is 0.490 bits per heavy atom. The molecule has 25 heteroatoms. The fourth-order valence-corrected chi connectivity index (χ4v) is 18.9. The third-order valence-corrected chi connectivity index (χ3v) is 26.7. The van der Waals surface area contributed by atoms with Crippen molar-refractivity contribution in [3.8, 4) is 114 Å². The van der Waals surface area contributed by atoms with Crippen LogP contribution in [-0.4, -0.2) is 126 Å². The first kappa shape index (κ1) is 119. The number of carbonyl (C=O) groups is 8. The average Bonchev–Trinajstić information content (AvgIpc) is 1.72. The van der Waals surface area contributed by atoms with Crippen LogP contribution < -0.4 is 77.3 Å². The molecular formula is C120H156O24Zr. The summed E-state index contributed by atoms with van der Waals surface area (Å²) in [4.78, 5) is 98.6. The zero-order valence-electron chi connectivity index (χ0n) is 89.0. The van der Waals surface area contributed by atoms with E-state index < -0.39 is 70.7 Å². The molecule has 8 aromatic carbocycles. The molecule has 0 spiro atoms. The largest absolute Gasteiger partial charge is 4.00 e. The monoisotopic (exact) mass is 2070 g/mol. The quantitative estimate of drug-likeness (QED) is 0.0252. The number of benzene rings is 8. The fourth-order valence-electron chi connectivity index (χ4n) is 18.9. The number of carbonyl (C=O) groups excluding carboxylic acids is 8. The Hall–Kier alpha value is -11.2. The molecule has 0 bridgehead atoms. The van der Waals surface area contributed by atoms with Gasteiger partial charge in [-0.05, 0) is 195 Å². The Kier molecular flexibility index (Phi) is 50.9. The zero-order chi connectivity index (χ0) is 104. The second kappa shape index (κ2) is 62.1. The molecule has 0 N–H and O–H groups in total. The van der Waals surface area contributed by atoms with Gasteiger partial charge in [-0.15, -0.1) is 0 Å². The molecule has 784 valence electrons. The van der Waals surface area contributed by atoms with Crippen molar-refractivity contribution in [2.45, 2.75) is 340 Å². The van der Waals surface area contributed by atoms with Gasteiger partial charge in [0.25, 0.3) is 0 Å². The van der Waals surface area contributed by atoms with Gasteiger partial charge < -0.3 is 96.4 Å². The second-order valence-electron chi connectivity index (χ2n) is 37.2. The molecule has 24 nitrogen and oxygen atoms in total. The summed E-state index contributed by atoms with van der Waals surface area (Å²) in [6, 6.07) is 32.3. The van der Waals surface area contributed by atoms with Gasteiger partial charge in [-0.1, -0.05) is 285 Å². The Morgan fingerprint density at radius 1 is 0.214 bits per heavy atom. The smallest absolute Gasteiger partial charge is 0.542 e. The third kappa shape index (κ3) is 29.7. The van der Waals surface area contributed by atoms with Gasteiger partial charge >= 0.3 is 26.2 Å². The van der Waals surface area contributed by atoms with Gasteiger partial charge in [-0.2, -0.15) is 0 Å². The molecule has 0 aromatic heterocycles. The van der Waals surface area contributed by atoms with E-state index in [2.05, 4.69) is 107 Å². The Bertz CT molecular complexity index is 4920. The number of unbranched alkanes of at least 4 members (excludes halogenated alkanes) is 12. The standard InChI is InChI=1S/4C30H40O6.Zr/c4*1-5-9-16-34-27-24(21(8-4)26(31)30(32)33)23-19-20-14-12-13-15-22(20)25(23)28(35-17-10-6-2)29(27)36-18-11-7-3;/h4*12-15,21H,5-11,16-19H2,1-4H3,(H,32,33);/q;;;;+4/p-4. The van der Waals surface area contributed by atoms with E-state index in [1.54, 1.807) is 0 Å². The first-order chi connectivity index (χ1) is 70.0. The molecule has 0 fully saturated rings. The first-order valence-corrected chi connectivity index (χ1v) is 53.8. The predicted molar refractivity (Wildman–Crippen MR) is 556 cm³/mol. The molecule has 145 heavy (non-hydrogen) atoms. The van der Waals surface area contributed by atoms with Crippen LogP contribution in [0, 0.1) is 0 Å². The van der Waals surface area contributed by atoms with Gasteiger partial charge in [0.15, 0.2) is 69.1 Å². The van der Waals surface area contributed by atoms with Crippen molar-refractivity contribution in [2.75, 3.05) is 79.3 Å². The van der Waals surface area contributed by atoms with E-state index in [4.69, 9.17) is 56.8 Å². The van der Waals surface area contributed by atoms with Crippen molar-refractivity contribution in [2.24, 2.45) is 0 Å². The molecule has 0 heterocycles. The molecule has 0 amide bonds. The molecule has 4 aliphatic carbocycles. The average molecular weight is 2070 g/mol. The van der Waals surface area contributed by atoms with Crippen LogP contribution in [0.3, 0.4) is 0 Å². The molecule has 12 rings (SSSR count). The third-order valence-electron chi connectivity index (χ3n) is 26.7. The van der Waals surface area contributed by atoms with E-state index in [-0.39, 0.29) is 26.2 Å². The van der Waals surface area contributed by atoms with Crippen molar-refractivity contribution in [1.29, 1.82) is 0 Å². The van der Waals surface area contributed by atoms with Crippen molar-refractivity contribution in [1.82, 2.24) is 0 Å². The first-order valence-electron chi connectivity index (χ1n) is 53.8. The minimum Gasteiger partial charge on any atom is -0.542 e. The van der Waals surface area contributed by atoms with Crippen LogP contribution in [0.2, 0.25) is 0 Å². The molecular weight excluding hydrogens is 1920 g/mol. The van der Waals surface area contributed by atoms with E-state index in [1.807, 2.05) is 100 Å². The van der Waals surface area contributed by atoms with E-state index in [0.29, 0.717) is 222 Å².